The Hall–Kier alpha value is -0.825. The quantitative estimate of drug-likeness (QED) is 0.226. The Labute approximate surface area is 250 Å². The second-order valence-electron chi connectivity index (χ2n) is 14.6. The van der Waals surface area contributed by atoms with Gasteiger partial charge in [0.15, 0.2) is 6.04 Å². The molecule has 40 heavy (non-hydrogen) atoms. The fourth-order valence-corrected chi connectivity index (χ4v) is 8.17. The van der Waals surface area contributed by atoms with Crippen LogP contribution < -0.4 is 28.8 Å². The largest absolute Gasteiger partial charge is 1.00 e. The summed E-state index contributed by atoms with van der Waals surface area (Å²) in [5.74, 6) is 1.57. The van der Waals surface area contributed by atoms with Crippen molar-refractivity contribution in [2.24, 2.45) is 29.1 Å². The zero-order valence-electron chi connectivity index (χ0n) is 26.1. The first kappa shape index (κ1) is 33.7. The lowest BCUT2D eigenvalue weighted by Crippen LogP contribution is -3.00. The van der Waals surface area contributed by atoms with E-state index in [2.05, 4.69) is 57.9 Å². The fraction of sp³-hybridized carbons (Fsp3) is 0.935. The molecule has 2 bridgehead atoms. The lowest BCUT2D eigenvalue weighted by molar-refractivity contribution is -0.407. The molecule has 230 valence electrons. The van der Waals surface area contributed by atoms with Crippen molar-refractivity contribution in [3.05, 3.63) is 0 Å². The second kappa shape index (κ2) is 14.1. The number of carbonyl (C=O) groups is 2. The first-order chi connectivity index (χ1) is 18.5. The van der Waals surface area contributed by atoms with Crippen LogP contribution in [0.3, 0.4) is 0 Å². The monoisotopic (exact) mass is 581 g/mol. The molecular formula is C31H57BClN3O4. The van der Waals surface area contributed by atoms with Crippen LogP contribution in [0.4, 0.5) is 0 Å². The third kappa shape index (κ3) is 7.38. The number of amides is 2. The number of hydrogen-bond donors (Lipinski definition) is 3. The maximum atomic E-state index is 13.7. The van der Waals surface area contributed by atoms with E-state index in [0.717, 1.165) is 38.5 Å². The van der Waals surface area contributed by atoms with Gasteiger partial charge in [0.2, 0.25) is 5.91 Å². The van der Waals surface area contributed by atoms with E-state index in [-0.39, 0.29) is 59.2 Å². The Kier molecular flexibility index (Phi) is 11.9. The molecule has 1 saturated heterocycles. The molecule has 0 spiro atoms. The first-order valence-electron chi connectivity index (χ1n) is 16.2. The zero-order valence-corrected chi connectivity index (χ0v) is 26.9. The number of halogens is 1. The summed E-state index contributed by atoms with van der Waals surface area (Å²) in [5, 5.41) is 6.39. The normalized spacial score (nSPS) is 31.4. The molecule has 0 aromatic rings. The van der Waals surface area contributed by atoms with Crippen molar-refractivity contribution in [3.8, 4) is 0 Å². The zero-order chi connectivity index (χ0) is 28.4. The highest BCUT2D eigenvalue weighted by molar-refractivity contribution is 6.47. The molecule has 5 aliphatic rings. The number of carbonyl (C=O) groups excluding carboxylic acids is 2. The Morgan fingerprint density at radius 2 is 1.73 bits per heavy atom. The minimum atomic E-state index is -0.576. The number of unbranched alkanes of at least 4 members (excludes halogenated alkanes) is 2. The van der Waals surface area contributed by atoms with Crippen molar-refractivity contribution >= 4 is 18.9 Å². The first-order valence-corrected chi connectivity index (χ1v) is 16.2. The van der Waals surface area contributed by atoms with Gasteiger partial charge in [-0.2, -0.15) is 0 Å². The summed E-state index contributed by atoms with van der Waals surface area (Å²) in [5.41, 5.74) is 4.16. The van der Waals surface area contributed by atoms with E-state index in [1.807, 2.05) is 0 Å². The van der Waals surface area contributed by atoms with Crippen molar-refractivity contribution < 1.29 is 37.0 Å². The van der Waals surface area contributed by atoms with Crippen molar-refractivity contribution in [1.29, 1.82) is 0 Å². The summed E-state index contributed by atoms with van der Waals surface area (Å²) in [6, 6.07) is -0.900. The minimum absolute atomic E-state index is 0. The van der Waals surface area contributed by atoms with Crippen molar-refractivity contribution in [2.75, 3.05) is 0 Å². The van der Waals surface area contributed by atoms with Gasteiger partial charge in [-0.25, -0.2) is 0 Å². The molecule has 9 heteroatoms. The smallest absolute Gasteiger partial charge is 0.481 e. The average Bonchev–Trinajstić information content (AvgIpc) is 3.25. The van der Waals surface area contributed by atoms with Crippen LogP contribution in [0.2, 0.25) is 0 Å². The van der Waals surface area contributed by atoms with Crippen LogP contribution in [0.5, 0.6) is 0 Å². The average molecular weight is 582 g/mol. The van der Waals surface area contributed by atoms with Gasteiger partial charge < -0.3 is 38.1 Å². The van der Waals surface area contributed by atoms with Crippen LogP contribution in [0.25, 0.3) is 0 Å². The predicted octanol–water partition coefficient (Wildman–Crippen LogP) is 1.43. The van der Waals surface area contributed by atoms with Gasteiger partial charge in [0.05, 0.1) is 17.6 Å². The van der Waals surface area contributed by atoms with Crippen LogP contribution in [0, 0.1) is 29.1 Å². The van der Waals surface area contributed by atoms with E-state index in [0.29, 0.717) is 24.2 Å². The SMILES string of the molecule is CCCCC[C@H](NC(=O)[C@H](CC(C)C)NC(=O)[C@H]([NH3+])CC1CCCCC1)B1O[C@@H]2C[C@@H]3C[C@@H](C3(C)C)[C@]2(C)O1.[Cl-]. The van der Waals surface area contributed by atoms with E-state index in [4.69, 9.17) is 9.31 Å². The number of hydrogen-bond acceptors (Lipinski definition) is 4. The molecule has 7 nitrogen and oxygen atoms in total. The van der Waals surface area contributed by atoms with Gasteiger partial charge >= 0.3 is 7.12 Å². The van der Waals surface area contributed by atoms with Crippen molar-refractivity contribution in [1.82, 2.24) is 10.6 Å². The second-order valence-corrected chi connectivity index (χ2v) is 14.6. The summed E-state index contributed by atoms with van der Waals surface area (Å²) in [6.45, 7) is 13.3. The molecule has 2 amide bonds. The maximum Gasteiger partial charge on any atom is 0.481 e. The molecule has 0 aromatic heterocycles. The van der Waals surface area contributed by atoms with Gasteiger partial charge in [-0.1, -0.05) is 86.0 Å². The number of nitrogens with one attached hydrogen (secondary N) is 2. The topological polar surface area (TPSA) is 104 Å². The third-order valence-corrected chi connectivity index (χ3v) is 10.8. The molecular weight excluding hydrogens is 525 g/mol. The predicted molar refractivity (Wildman–Crippen MR) is 155 cm³/mol. The molecule has 0 unspecified atom stereocenters. The van der Waals surface area contributed by atoms with Gasteiger partial charge in [0.1, 0.15) is 6.04 Å². The standard InChI is InChI=1S/C31H56BN3O4.ClH/c1-7-8-10-15-27(32-38-26-19-22-18-25(30(22,4)5)31(26,6)39-32)35-29(37)24(16-20(2)3)34-28(36)23(33)17-21-13-11-9-12-14-21;/h20-27H,7-19,33H2,1-6H3,(H,34,36)(H,35,37);1H/t22-,23+,24-,25-,26+,27-,31-;/m0./s1. The van der Waals surface area contributed by atoms with E-state index >= 15 is 0 Å². The molecule has 0 radical (unpaired) electrons. The van der Waals surface area contributed by atoms with Crippen molar-refractivity contribution in [3.63, 3.8) is 0 Å². The van der Waals surface area contributed by atoms with Crippen molar-refractivity contribution in [2.45, 2.75) is 155 Å². The number of rotatable bonds is 13. The van der Waals surface area contributed by atoms with E-state index in [1.54, 1.807) is 0 Å². The molecule has 4 aliphatic carbocycles. The van der Waals surface area contributed by atoms with Gasteiger partial charge in [0.25, 0.3) is 5.91 Å². The summed E-state index contributed by atoms with van der Waals surface area (Å²) in [7, 11) is -0.446. The molecule has 5 fully saturated rings. The summed E-state index contributed by atoms with van der Waals surface area (Å²) in [4.78, 5) is 26.9. The Morgan fingerprint density at radius 3 is 2.35 bits per heavy atom. The molecule has 5 rings (SSSR count). The molecule has 1 heterocycles. The third-order valence-electron chi connectivity index (χ3n) is 10.8. The molecule has 7 atom stereocenters. The highest BCUT2D eigenvalue weighted by atomic mass is 35.5. The maximum absolute atomic E-state index is 13.7. The minimum Gasteiger partial charge on any atom is -1.00 e. The molecule has 5 N–H and O–H groups in total. The van der Waals surface area contributed by atoms with Gasteiger partial charge in [-0.05, 0) is 61.7 Å². The fourth-order valence-electron chi connectivity index (χ4n) is 8.17. The lowest BCUT2D eigenvalue weighted by atomic mass is 9.43. The van der Waals surface area contributed by atoms with E-state index in [1.165, 1.54) is 38.5 Å². The summed E-state index contributed by atoms with van der Waals surface area (Å²) >= 11 is 0. The lowest BCUT2D eigenvalue weighted by Gasteiger charge is -2.64. The van der Waals surface area contributed by atoms with E-state index < -0.39 is 13.2 Å². The number of quaternary nitrogens is 1. The van der Waals surface area contributed by atoms with Crippen LogP contribution in [-0.2, 0) is 18.9 Å². The molecule has 4 saturated carbocycles. The Balaban J connectivity index is 0.00000441. The molecule has 1 aliphatic heterocycles. The summed E-state index contributed by atoms with van der Waals surface area (Å²) < 4.78 is 13.3. The Bertz CT molecular complexity index is 854. The highest BCUT2D eigenvalue weighted by Gasteiger charge is 2.68. The van der Waals surface area contributed by atoms with Gasteiger partial charge in [-0.3, -0.25) is 9.59 Å². The van der Waals surface area contributed by atoms with Gasteiger partial charge in [0, 0.05) is 6.42 Å². The molecule has 0 aromatic carbocycles. The van der Waals surface area contributed by atoms with Crippen LogP contribution in [0.15, 0.2) is 0 Å². The highest BCUT2D eigenvalue weighted by Crippen LogP contribution is 2.65. The summed E-state index contributed by atoms with van der Waals surface area (Å²) in [6.07, 6.45) is 13.9. The van der Waals surface area contributed by atoms with Crippen LogP contribution in [-0.4, -0.2) is 48.7 Å². The van der Waals surface area contributed by atoms with Crippen LogP contribution >= 0.6 is 0 Å². The Morgan fingerprint density at radius 1 is 1.02 bits per heavy atom. The van der Waals surface area contributed by atoms with Crippen LogP contribution in [0.1, 0.15) is 125 Å². The van der Waals surface area contributed by atoms with E-state index in [9.17, 15) is 9.59 Å². The van der Waals surface area contributed by atoms with Gasteiger partial charge in [-0.15, -0.1) is 0 Å².